The Morgan fingerprint density at radius 3 is 2.62 bits per heavy atom. The van der Waals surface area contributed by atoms with Gasteiger partial charge in [-0.1, -0.05) is 36.4 Å². The molecule has 0 bridgehead atoms. The van der Waals surface area contributed by atoms with Gasteiger partial charge in [0.15, 0.2) is 0 Å². The highest BCUT2D eigenvalue weighted by atomic mass is 16.6. The molecule has 0 aliphatic rings. The highest BCUT2D eigenvalue weighted by Gasteiger charge is 2.15. The van der Waals surface area contributed by atoms with E-state index in [0.717, 1.165) is 22.3 Å². The molecule has 1 amide bonds. The Kier molecular flexibility index (Phi) is 4.30. The first-order valence-electron chi connectivity index (χ1n) is 8.05. The number of H-pyrrole nitrogens is 1. The first kappa shape index (κ1) is 16.1. The van der Waals surface area contributed by atoms with Gasteiger partial charge in [0, 0.05) is 23.1 Å². The lowest BCUT2D eigenvalue weighted by Gasteiger charge is -2.19. The molecule has 0 fully saturated rings. The van der Waals surface area contributed by atoms with Crippen LogP contribution in [0.1, 0.15) is 26.3 Å². The van der Waals surface area contributed by atoms with Crippen LogP contribution in [0, 0.1) is 0 Å². The van der Waals surface area contributed by atoms with Crippen LogP contribution in [-0.2, 0) is 11.3 Å². The van der Waals surface area contributed by atoms with Crippen molar-refractivity contribution in [1.82, 2.24) is 10.3 Å². The van der Waals surface area contributed by atoms with E-state index in [1.165, 1.54) is 5.39 Å². The summed E-state index contributed by atoms with van der Waals surface area (Å²) in [4.78, 5) is 15.2. The van der Waals surface area contributed by atoms with E-state index in [9.17, 15) is 4.79 Å². The van der Waals surface area contributed by atoms with Gasteiger partial charge >= 0.3 is 6.09 Å². The summed E-state index contributed by atoms with van der Waals surface area (Å²) in [6, 6.07) is 18.4. The van der Waals surface area contributed by atoms with Crippen molar-refractivity contribution in [2.45, 2.75) is 32.9 Å². The third-order valence-electron chi connectivity index (χ3n) is 3.60. The van der Waals surface area contributed by atoms with Crippen LogP contribution in [0.15, 0.2) is 54.6 Å². The highest BCUT2D eigenvalue weighted by molar-refractivity contribution is 5.85. The lowest BCUT2D eigenvalue weighted by molar-refractivity contribution is 0.0523. The number of carbonyl (C=O) groups excluding carboxylic acids is 1. The lowest BCUT2D eigenvalue weighted by Crippen LogP contribution is -2.32. The van der Waals surface area contributed by atoms with Gasteiger partial charge in [-0.25, -0.2) is 4.79 Å². The number of amides is 1. The number of rotatable bonds is 3. The summed E-state index contributed by atoms with van der Waals surface area (Å²) in [5, 5.41) is 3.97. The molecule has 124 valence electrons. The van der Waals surface area contributed by atoms with E-state index in [1.807, 2.05) is 45.0 Å². The van der Waals surface area contributed by atoms with E-state index < -0.39 is 11.7 Å². The van der Waals surface area contributed by atoms with Crippen molar-refractivity contribution in [3.05, 3.63) is 60.2 Å². The standard InChI is InChI=1S/C20H22N2O2/c1-20(2,3)24-19(23)21-13-14-7-6-9-15(11-14)18-12-16-8-4-5-10-17(16)22-18/h4-12,22H,13H2,1-3H3,(H,21,23). The highest BCUT2D eigenvalue weighted by Crippen LogP contribution is 2.24. The van der Waals surface area contributed by atoms with Crippen molar-refractivity contribution in [3.8, 4) is 11.3 Å². The molecule has 2 aromatic carbocycles. The molecule has 1 aromatic heterocycles. The van der Waals surface area contributed by atoms with Gasteiger partial charge in [-0.15, -0.1) is 0 Å². The second-order valence-corrected chi connectivity index (χ2v) is 6.83. The molecule has 0 aliphatic heterocycles. The molecule has 4 heteroatoms. The Morgan fingerprint density at radius 2 is 1.88 bits per heavy atom. The number of nitrogens with one attached hydrogen (secondary N) is 2. The van der Waals surface area contributed by atoms with Crippen LogP contribution in [0.2, 0.25) is 0 Å². The number of para-hydroxylation sites is 1. The second-order valence-electron chi connectivity index (χ2n) is 6.83. The summed E-state index contributed by atoms with van der Waals surface area (Å²) in [6.07, 6.45) is -0.404. The third kappa shape index (κ3) is 3.96. The van der Waals surface area contributed by atoms with E-state index >= 15 is 0 Å². The van der Waals surface area contributed by atoms with Gasteiger partial charge in [-0.3, -0.25) is 0 Å². The van der Waals surface area contributed by atoms with Crippen LogP contribution in [0.5, 0.6) is 0 Å². The van der Waals surface area contributed by atoms with E-state index in [4.69, 9.17) is 4.74 Å². The molecule has 0 saturated carbocycles. The zero-order valence-corrected chi connectivity index (χ0v) is 14.2. The van der Waals surface area contributed by atoms with Crippen molar-refractivity contribution in [1.29, 1.82) is 0 Å². The Balaban J connectivity index is 1.73. The zero-order valence-electron chi connectivity index (χ0n) is 14.2. The van der Waals surface area contributed by atoms with Gasteiger partial charge < -0.3 is 15.0 Å². The van der Waals surface area contributed by atoms with E-state index in [0.29, 0.717) is 6.54 Å². The van der Waals surface area contributed by atoms with Gasteiger partial charge in [-0.2, -0.15) is 0 Å². The summed E-state index contributed by atoms with van der Waals surface area (Å²) in [5.41, 5.74) is 3.81. The second kappa shape index (κ2) is 6.40. The fourth-order valence-electron chi connectivity index (χ4n) is 2.57. The van der Waals surface area contributed by atoms with Crippen LogP contribution in [0.25, 0.3) is 22.2 Å². The van der Waals surface area contributed by atoms with Gasteiger partial charge in [0.1, 0.15) is 5.60 Å². The van der Waals surface area contributed by atoms with Gasteiger partial charge in [0.25, 0.3) is 0 Å². The van der Waals surface area contributed by atoms with Gasteiger partial charge in [-0.05, 0) is 50.1 Å². The molecule has 3 aromatic rings. The number of aromatic amines is 1. The van der Waals surface area contributed by atoms with E-state index in [2.05, 4.69) is 40.6 Å². The summed E-state index contributed by atoms with van der Waals surface area (Å²) in [7, 11) is 0. The number of aromatic nitrogens is 1. The van der Waals surface area contributed by atoms with E-state index in [-0.39, 0.29) is 0 Å². The molecule has 3 rings (SSSR count). The largest absolute Gasteiger partial charge is 0.444 e. The molecule has 0 atom stereocenters. The van der Waals surface area contributed by atoms with Gasteiger partial charge in [0.2, 0.25) is 0 Å². The smallest absolute Gasteiger partial charge is 0.407 e. The van der Waals surface area contributed by atoms with Gasteiger partial charge in [0.05, 0.1) is 0 Å². The van der Waals surface area contributed by atoms with Crippen molar-refractivity contribution in [2.24, 2.45) is 0 Å². The topological polar surface area (TPSA) is 54.1 Å². The Hall–Kier alpha value is -2.75. The molecule has 24 heavy (non-hydrogen) atoms. The Bertz CT molecular complexity index is 826. The number of hydrogen-bond donors (Lipinski definition) is 2. The van der Waals surface area contributed by atoms with Crippen molar-refractivity contribution in [3.63, 3.8) is 0 Å². The molecule has 4 nitrogen and oxygen atoms in total. The maximum absolute atomic E-state index is 11.8. The fourth-order valence-corrected chi connectivity index (χ4v) is 2.57. The molecule has 0 radical (unpaired) electrons. The van der Waals surface area contributed by atoms with Crippen LogP contribution in [-0.4, -0.2) is 16.7 Å². The minimum atomic E-state index is -0.490. The van der Waals surface area contributed by atoms with Crippen LogP contribution in [0.3, 0.4) is 0 Å². The number of alkyl carbamates (subject to hydrolysis) is 1. The summed E-state index contributed by atoms with van der Waals surface area (Å²) in [6.45, 7) is 5.98. The van der Waals surface area contributed by atoms with Crippen molar-refractivity contribution >= 4 is 17.0 Å². The van der Waals surface area contributed by atoms with Crippen LogP contribution < -0.4 is 5.32 Å². The average Bonchev–Trinajstić information content (AvgIpc) is 2.96. The maximum Gasteiger partial charge on any atom is 0.407 e. The first-order chi connectivity index (χ1) is 11.4. The number of ether oxygens (including phenoxy) is 1. The van der Waals surface area contributed by atoms with Crippen LogP contribution >= 0.6 is 0 Å². The predicted molar refractivity (Wildman–Crippen MR) is 96.8 cm³/mol. The molecule has 0 aliphatic carbocycles. The lowest BCUT2D eigenvalue weighted by atomic mass is 10.1. The molecule has 0 saturated heterocycles. The number of benzene rings is 2. The minimum absolute atomic E-state index is 0.404. The summed E-state index contributed by atoms with van der Waals surface area (Å²) >= 11 is 0. The minimum Gasteiger partial charge on any atom is -0.444 e. The summed E-state index contributed by atoms with van der Waals surface area (Å²) < 4.78 is 5.26. The first-order valence-corrected chi connectivity index (χ1v) is 8.05. The third-order valence-corrected chi connectivity index (χ3v) is 3.60. The predicted octanol–water partition coefficient (Wildman–Crippen LogP) is 4.86. The normalized spacial score (nSPS) is 11.5. The summed E-state index contributed by atoms with van der Waals surface area (Å²) in [5.74, 6) is 0. The average molecular weight is 322 g/mol. The van der Waals surface area contributed by atoms with E-state index in [1.54, 1.807) is 0 Å². The quantitative estimate of drug-likeness (QED) is 0.723. The molecule has 2 N–H and O–H groups in total. The van der Waals surface area contributed by atoms with Crippen LogP contribution in [0.4, 0.5) is 4.79 Å². The molecule has 1 heterocycles. The zero-order chi connectivity index (χ0) is 17.2. The Morgan fingerprint density at radius 1 is 1.08 bits per heavy atom. The number of hydrogen-bond acceptors (Lipinski definition) is 2. The molecule has 0 unspecified atom stereocenters. The fraction of sp³-hybridized carbons (Fsp3) is 0.250. The maximum atomic E-state index is 11.8. The van der Waals surface area contributed by atoms with Crippen molar-refractivity contribution < 1.29 is 9.53 Å². The SMILES string of the molecule is CC(C)(C)OC(=O)NCc1cccc(-c2cc3ccccc3[nH]2)c1. The Labute approximate surface area is 141 Å². The number of fused-ring (bicyclic) bond motifs is 1. The number of carbonyl (C=O) groups is 1. The molecular weight excluding hydrogens is 300 g/mol. The molecular formula is C20H22N2O2. The monoisotopic (exact) mass is 322 g/mol. The van der Waals surface area contributed by atoms with Crippen molar-refractivity contribution in [2.75, 3.05) is 0 Å². The molecule has 0 spiro atoms.